The summed E-state index contributed by atoms with van der Waals surface area (Å²) in [7, 11) is 0. The highest BCUT2D eigenvalue weighted by molar-refractivity contribution is 6.00. The summed E-state index contributed by atoms with van der Waals surface area (Å²) in [5, 5.41) is 0. The maximum atomic E-state index is 14.2. The van der Waals surface area contributed by atoms with Gasteiger partial charge in [-0.15, -0.1) is 0 Å². The van der Waals surface area contributed by atoms with E-state index in [0.717, 1.165) is 0 Å². The van der Waals surface area contributed by atoms with Gasteiger partial charge in [0.15, 0.2) is 5.78 Å². The van der Waals surface area contributed by atoms with E-state index in [1.165, 1.54) is 6.07 Å². The fraction of sp³-hybridized carbons (Fsp3) is 0.462. The Morgan fingerprint density at radius 1 is 1.53 bits per heavy atom. The van der Waals surface area contributed by atoms with Crippen LogP contribution in [0.3, 0.4) is 0 Å². The van der Waals surface area contributed by atoms with Gasteiger partial charge in [0.05, 0.1) is 11.6 Å². The van der Waals surface area contributed by atoms with Crippen molar-refractivity contribution in [3.05, 3.63) is 29.1 Å². The third-order valence-electron chi connectivity index (χ3n) is 2.87. The van der Waals surface area contributed by atoms with Crippen LogP contribution in [0.2, 0.25) is 0 Å². The number of carbonyl (C=O) groups is 1. The summed E-state index contributed by atoms with van der Waals surface area (Å²) in [6.07, 6.45) is 0.467. The molecule has 1 unspecified atom stereocenters. The lowest BCUT2D eigenvalue weighted by molar-refractivity contribution is 0.0964. The number of ketones is 1. The molecule has 0 amide bonds. The minimum absolute atomic E-state index is 0.0556. The van der Waals surface area contributed by atoms with E-state index in [-0.39, 0.29) is 11.3 Å². The summed E-state index contributed by atoms with van der Waals surface area (Å²) in [5.74, 6) is -0.348. The number of benzene rings is 1. The number of halogens is 1. The summed E-state index contributed by atoms with van der Waals surface area (Å²) < 4.78 is 19.8. The maximum absolute atomic E-state index is 14.2. The van der Waals surface area contributed by atoms with Gasteiger partial charge in [-0.3, -0.25) is 4.79 Å². The minimum Gasteiger partial charge on any atom is -0.487 e. The van der Waals surface area contributed by atoms with Gasteiger partial charge in [-0.2, -0.15) is 0 Å². The molecule has 0 saturated carbocycles. The predicted molar refractivity (Wildman–Crippen MR) is 62.8 cm³/mol. The number of ether oxygens (including phenoxy) is 1. The van der Waals surface area contributed by atoms with Crippen molar-refractivity contribution in [2.45, 2.75) is 38.8 Å². The van der Waals surface area contributed by atoms with Crippen LogP contribution in [0.5, 0.6) is 5.75 Å². The molecule has 92 valence electrons. The highest BCUT2D eigenvalue weighted by atomic mass is 19.1. The fourth-order valence-corrected chi connectivity index (χ4v) is 2.06. The normalized spacial score (nSPS) is 18.4. The number of Topliss-reactive ketones (excluding diaryl/α,β-unsaturated/α-hetero) is 1. The van der Waals surface area contributed by atoms with Crippen molar-refractivity contribution in [1.29, 1.82) is 0 Å². The van der Waals surface area contributed by atoms with E-state index in [2.05, 4.69) is 0 Å². The first-order valence-electron chi connectivity index (χ1n) is 5.62. The first-order valence-corrected chi connectivity index (χ1v) is 5.62. The summed E-state index contributed by atoms with van der Waals surface area (Å²) in [4.78, 5) is 11.7. The summed E-state index contributed by atoms with van der Waals surface area (Å²) in [5.41, 5.74) is 5.60. The quantitative estimate of drug-likeness (QED) is 0.801. The Bertz CT molecular complexity index is 481. The smallest absolute Gasteiger partial charge is 0.182 e. The molecule has 1 aromatic rings. The Hall–Kier alpha value is -1.42. The maximum Gasteiger partial charge on any atom is 0.182 e. The van der Waals surface area contributed by atoms with Gasteiger partial charge in [-0.1, -0.05) is 0 Å². The van der Waals surface area contributed by atoms with Crippen LogP contribution in [0.25, 0.3) is 0 Å². The van der Waals surface area contributed by atoms with Crippen LogP contribution in [0.1, 0.15) is 36.7 Å². The van der Waals surface area contributed by atoms with Crippen molar-refractivity contribution in [3.8, 4) is 5.75 Å². The number of nitrogens with two attached hydrogens (primary N) is 1. The Kier molecular flexibility index (Phi) is 2.70. The lowest BCUT2D eigenvalue weighted by Crippen LogP contribution is -2.27. The Labute approximate surface area is 99.8 Å². The fourth-order valence-electron chi connectivity index (χ4n) is 2.06. The molecule has 0 aliphatic carbocycles. The Morgan fingerprint density at radius 2 is 2.18 bits per heavy atom. The molecule has 3 nitrogen and oxygen atoms in total. The Balaban J connectivity index is 2.46. The molecular weight excluding hydrogens is 221 g/mol. The molecule has 0 radical (unpaired) electrons. The third kappa shape index (κ3) is 2.05. The molecule has 1 atom stereocenters. The van der Waals surface area contributed by atoms with E-state index < -0.39 is 17.5 Å². The summed E-state index contributed by atoms with van der Waals surface area (Å²) >= 11 is 0. The van der Waals surface area contributed by atoms with Gasteiger partial charge in [0, 0.05) is 12.0 Å². The molecule has 0 aromatic heterocycles. The molecule has 1 heterocycles. The van der Waals surface area contributed by atoms with Crippen molar-refractivity contribution in [3.63, 3.8) is 0 Å². The lowest BCUT2D eigenvalue weighted by atomic mass is 9.97. The molecule has 1 aliphatic rings. The van der Waals surface area contributed by atoms with E-state index in [1.807, 2.05) is 13.8 Å². The molecule has 0 spiro atoms. The van der Waals surface area contributed by atoms with Gasteiger partial charge in [0.2, 0.25) is 0 Å². The first-order chi connectivity index (χ1) is 7.82. The van der Waals surface area contributed by atoms with Crippen LogP contribution < -0.4 is 10.5 Å². The van der Waals surface area contributed by atoms with Crippen molar-refractivity contribution in [2.24, 2.45) is 5.73 Å². The standard InChI is InChI=1S/C13H16FNO2/c1-7(15)12(16)8-4-5-10-9(11(8)14)6-13(2,3)17-10/h4-5,7H,6,15H2,1-3H3. The van der Waals surface area contributed by atoms with Crippen LogP contribution in [0, 0.1) is 5.82 Å². The predicted octanol–water partition coefficient (Wildman–Crippen LogP) is 2.07. The molecule has 0 fully saturated rings. The average Bonchev–Trinajstić information content (AvgIpc) is 2.53. The van der Waals surface area contributed by atoms with Crippen LogP contribution in [-0.4, -0.2) is 17.4 Å². The van der Waals surface area contributed by atoms with Gasteiger partial charge in [0.1, 0.15) is 17.2 Å². The monoisotopic (exact) mass is 237 g/mol. The van der Waals surface area contributed by atoms with Crippen LogP contribution in [0.4, 0.5) is 4.39 Å². The molecule has 17 heavy (non-hydrogen) atoms. The van der Waals surface area contributed by atoms with E-state index in [4.69, 9.17) is 10.5 Å². The summed E-state index contributed by atoms with van der Waals surface area (Å²) in [6.45, 7) is 5.33. The van der Waals surface area contributed by atoms with Gasteiger partial charge in [-0.05, 0) is 32.9 Å². The second kappa shape index (κ2) is 3.81. The van der Waals surface area contributed by atoms with Gasteiger partial charge < -0.3 is 10.5 Å². The van der Waals surface area contributed by atoms with Gasteiger partial charge >= 0.3 is 0 Å². The largest absolute Gasteiger partial charge is 0.487 e. The second-order valence-electron chi connectivity index (χ2n) is 5.10. The third-order valence-corrected chi connectivity index (χ3v) is 2.87. The first kappa shape index (κ1) is 12.0. The number of rotatable bonds is 2. The zero-order chi connectivity index (χ0) is 12.8. The SMILES string of the molecule is CC(N)C(=O)c1ccc2c(c1F)CC(C)(C)O2. The van der Waals surface area contributed by atoms with Crippen molar-refractivity contribution < 1.29 is 13.9 Å². The molecular formula is C13H16FNO2. The molecule has 1 aromatic carbocycles. The molecule has 2 N–H and O–H groups in total. The second-order valence-corrected chi connectivity index (χ2v) is 5.10. The lowest BCUT2D eigenvalue weighted by Gasteiger charge is -2.16. The van der Waals surface area contributed by atoms with Crippen molar-refractivity contribution in [1.82, 2.24) is 0 Å². The highest BCUT2D eigenvalue weighted by Crippen LogP contribution is 2.37. The molecule has 4 heteroatoms. The topological polar surface area (TPSA) is 52.3 Å². The zero-order valence-corrected chi connectivity index (χ0v) is 10.2. The molecule has 1 aliphatic heterocycles. The molecule has 0 bridgehead atoms. The number of fused-ring (bicyclic) bond motifs is 1. The number of carbonyl (C=O) groups excluding carboxylic acids is 1. The van der Waals surface area contributed by atoms with Crippen LogP contribution in [0.15, 0.2) is 12.1 Å². The van der Waals surface area contributed by atoms with E-state index in [1.54, 1.807) is 13.0 Å². The minimum atomic E-state index is -0.696. The van der Waals surface area contributed by atoms with Crippen LogP contribution >= 0.6 is 0 Å². The van der Waals surface area contributed by atoms with Gasteiger partial charge in [-0.25, -0.2) is 4.39 Å². The van der Waals surface area contributed by atoms with E-state index in [0.29, 0.717) is 17.7 Å². The Morgan fingerprint density at radius 3 is 2.76 bits per heavy atom. The summed E-state index contributed by atoms with van der Waals surface area (Å²) in [6, 6.07) is 2.39. The highest BCUT2D eigenvalue weighted by Gasteiger charge is 2.34. The molecule has 2 rings (SSSR count). The average molecular weight is 237 g/mol. The van der Waals surface area contributed by atoms with Crippen molar-refractivity contribution >= 4 is 5.78 Å². The van der Waals surface area contributed by atoms with Gasteiger partial charge in [0.25, 0.3) is 0 Å². The van der Waals surface area contributed by atoms with E-state index in [9.17, 15) is 9.18 Å². The van der Waals surface area contributed by atoms with Crippen LogP contribution in [-0.2, 0) is 6.42 Å². The number of hydrogen-bond donors (Lipinski definition) is 1. The molecule has 0 saturated heterocycles. The zero-order valence-electron chi connectivity index (χ0n) is 10.2. The van der Waals surface area contributed by atoms with Crippen molar-refractivity contribution in [2.75, 3.05) is 0 Å². The van der Waals surface area contributed by atoms with E-state index >= 15 is 0 Å². The number of hydrogen-bond acceptors (Lipinski definition) is 3.